The number of nitrogens with zero attached hydrogens (tertiary/aromatic N) is 5. The van der Waals surface area contributed by atoms with Gasteiger partial charge in [0.15, 0.2) is 5.03 Å². The molecule has 3 rings (SSSR count). The molecule has 2 aliphatic heterocycles. The molecule has 1 aromatic heterocycles. The molecule has 3 heterocycles. The van der Waals surface area contributed by atoms with Gasteiger partial charge in [0, 0.05) is 0 Å². The minimum absolute atomic E-state index is 0.0745. The van der Waals surface area contributed by atoms with Crippen LogP contribution in [0.25, 0.3) is 5.03 Å². The average molecular weight is 300 g/mol. The number of nitrogens with two attached hydrogens (primary N) is 1. The highest BCUT2D eigenvalue weighted by Crippen LogP contribution is 2.51. The number of ether oxygens (including phenoxy) is 1. The molecule has 12 heteroatoms. The number of aromatic nitrogens is 4. The van der Waals surface area contributed by atoms with Crippen LogP contribution in [0.1, 0.15) is 0 Å². The van der Waals surface area contributed by atoms with Crippen LogP contribution in [-0.4, -0.2) is 59.4 Å². The Labute approximate surface area is 115 Å². The van der Waals surface area contributed by atoms with E-state index in [1.54, 1.807) is 0 Å². The normalized spacial score (nSPS) is 24.6. The summed E-state index contributed by atoms with van der Waals surface area (Å²) in [5, 5.41) is 28.0. The van der Waals surface area contributed by atoms with E-state index in [-0.39, 0.29) is 23.5 Å². The molecule has 0 saturated carbocycles. The number of amides is 1. The third-order valence-electron chi connectivity index (χ3n) is 2.85. The van der Waals surface area contributed by atoms with Crippen molar-refractivity contribution in [1.29, 1.82) is 0 Å². The van der Waals surface area contributed by atoms with Crippen LogP contribution in [0.3, 0.4) is 0 Å². The van der Waals surface area contributed by atoms with Gasteiger partial charge in [-0.1, -0.05) is 16.9 Å². The van der Waals surface area contributed by atoms with Crippen LogP contribution in [0.2, 0.25) is 0 Å². The van der Waals surface area contributed by atoms with E-state index in [0.717, 1.165) is 21.3 Å². The van der Waals surface area contributed by atoms with Gasteiger partial charge in [-0.2, -0.15) is 4.68 Å². The maximum absolute atomic E-state index is 11.8. The molecular formula is C8H8N6O5S. The number of carboxylic acid groups (broad SMARTS) is 1. The van der Waals surface area contributed by atoms with Crippen molar-refractivity contribution in [1.82, 2.24) is 25.1 Å². The van der Waals surface area contributed by atoms with Gasteiger partial charge in [-0.15, -0.1) is 0 Å². The zero-order valence-electron chi connectivity index (χ0n) is 9.70. The highest BCUT2D eigenvalue weighted by molar-refractivity contribution is 8.08. The van der Waals surface area contributed by atoms with Crippen LogP contribution in [0.4, 0.5) is 10.7 Å². The Kier molecular flexibility index (Phi) is 2.76. The zero-order chi connectivity index (χ0) is 14.4. The summed E-state index contributed by atoms with van der Waals surface area (Å²) in [6, 6.07) is 0. The molecule has 0 bridgehead atoms. The standard InChI is InChI=1S/C8H8N6O5S/c9-7-10-11-12-14(7)6-4(19-8(17)18)13-3(16)2(1-15)5(13)20-6/h2,5,15H,1H2,(H,17,18)(H2,9,10,12)/t2-,5+/m0/s1. The van der Waals surface area contributed by atoms with Crippen molar-refractivity contribution in [2.45, 2.75) is 5.37 Å². The van der Waals surface area contributed by atoms with Gasteiger partial charge in [0.1, 0.15) is 5.37 Å². The van der Waals surface area contributed by atoms with Gasteiger partial charge >= 0.3 is 6.16 Å². The van der Waals surface area contributed by atoms with E-state index < -0.39 is 23.4 Å². The number of aliphatic hydroxyl groups excluding tert-OH is 1. The Bertz CT molecular complexity index is 629. The summed E-state index contributed by atoms with van der Waals surface area (Å²) >= 11 is 1.10. The van der Waals surface area contributed by atoms with Crippen LogP contribution in [0.5, 0.6) is 0 Å². The molecule has 0 unspecified atom stereocenters. The quantitative estimate of drug-likeness (QED) is 0.446. The van der Waals surface area contributed by atoms with Crippen LogP contribution in [-0.2, 0) is 9.53 Å². The second-order valence-corrected chi connectivity index (χ2v) is 5.04. The summed E-state index contributed by atoms with van der Waals surface area (Å²) in [5.74, 6) is -1.33. The molecule has 0 spiro atoms. The van der Waals surface area contributed by atoms with Crippen LogP contribution >= 0.6 is 11.8 Å². The highest BCUT2D eigenvalue weighted by Gasteiger charge is 2.56. The van der Waals surface area contributed by atoms with Gasteiger partial charge in [-0.3, -0.25) is 9.69 Å². The number of β-lactam (4-membered cyclic amide) rings is 1. The van der Waals surface area contributed by atoms with Crippen LogP contribution < -0.4 is 5.73 Å². The number of aliphatic hydroxyl groups is 1. The predicted octanol–water partition coefficient (Wildman–Crippen LogP) is -1.44. The summed E-state index contributed by atoms with van der Waals surface area (Å²) in [6.45, 7) is -0.342. The first-order valence-electron chi connectivity index (χ1n) is 5.34. The number of carbonyl (C=O) groups excluding carboxylic acids is 1. The molecule has 1 amide bonds. The Hall–Kier alpha value is -2.34. The molecular weight excluding hydrogens is 292 g/mol. The number of hydrogen-bond acceptors (Lipinski definition) is 9. The first-order valence-corrected chi connectivity index (χ1v) is 6.22. The molecule has 0 aromatic carbocycles. The molecule has 1 aromatic rings. The number of thioether (sulfide) groups is 1. The van der Waals surface area contributed by atoms with E-state index in [9.17, 15) is 9.59 Å². The van der Waals surface area contributed by atoms with Gasteiger partial charge < -0.3 is 20.7 Å². The van der Waals surface area contributed by atoms with Crippen molar-refractivity contribution in [3.8, 4) is 0 Å². The fraction of sp³-hybridized carbons (Fsp3) is 0.375. The molecule has 20 heavy (non-hydrogen) atoms. The summed E-state index contributed by atoms with van der Waals surface area (Å²) < 4.78 is 5.70. The van der Waals surface area contributed by atoms with Gasteiger partial charge in [0.05, 0.1) is 12.5 Å². The predicted molar refractivity (Wildman–Crippen MR) is 63.4 cm³/mol. The van der Waals surface area contributed by atoms with E-state index in [4.69, 9.17) is 15.9 Å². The van der Waals surface area contributed by atoms with E-state index in [0.29, 0.717) is 0 Å². The average Bonchev–Trinajstić information content (AvgIpc) is 2.91. The van der Waals surface area contributed by atoms with Crippen molar-refractivity contribution in [2.24, 2.45) is 5.92 Å². The van der Waals surface area contributed by atoms with E-state index in [1.165, 1.54) is 0 Å². The minimum Gasteiger partial charge on any atom is -0.449 e. The topological polar surface area (TPSA) is 157 Å². The first kappa shape index (κ1) is 12.7. The summed E-state index contributed by atoms with van der Waals surface area (Å²) in [4.78, 5) is 23.7. The van der Waals surface area contributed by atoms with Gasteiger partial charge in [0.25, 0.3) is 0 Å². The van der Waals surface area contributed by atoms with Crippen molar-refractivity contribution in [3.05, 3.63) is 5.88 Å². The Morgan fingerprint density at radius 2 is 2.30 bits per heavy atom. The monoisotopic (exact) mass is 300 g/mol. The lowest BCUT2D eigenvalue weighted by atomic mass is 10.00. The fourth-order valence-electron chi connectivity index (χ4n) is 1.97. The van der Waals surface area contributed by atoms with Crippen molar-refractivity contribution >= 4 is 34.8 Å². The zero-order valence-corrected chi connectivity index (χ0v) is 10.5. The molecule has 106 valence electrons. The molecule has 1 fully saturated rings. The van der Waals surface area contributed by atoms with Crippen molar-refractivity contribution in [3.63, 3.8) is 0 Å². The molecule has 4 N–H and O–H groups in total. The number of fused-ring (bicyclic) bond motifs is 1. The fourth-order valence-corrected chi connectivity index (χ4v) is 3.34. The van der Waals surface area contributed by atoms with Gasteiger partial charge in [-0.05, 0) is 10.4 Å². The maximum Gasteiger partial charge on any atom is 0.512 e. The number of tetrazole rings is 1. The second-order valence-electron chi connectivity index (χ2n) is 3.93. The van der Waals surface area contributed by atoms with E-state index in [2.05, 4.69) is 20.3 Å². The maximum atomic E-state index is 11.8. The number of rotatable bonds is 3. The first-order chi connectivity index (χ1) is 9.54. The van der Waals surface area contributed by atoms with E-state index in [1.807, 2.05) is 0 Å². The Morgan fingerprint density at radius 3 is 2.85 bits per heavy atom. The number of carbonyl (C=O) groups is 2. The Balaban J connectivity index is 2.02. The number of hydrogen-bond donors (Lipinski definition) is 3. The second kappa shape index (κ2) is 4.35. The largest absolute Gasteiger partial charge is 0.512 e. The lowest BCUT2D eigenvalue weighted by Crippen LogP contribution is -2.58. The van der Waals surface area contributed by atoms with Crippen LogP contribution in [0, 0.1) is 5.92 Å². The van der Waals surface area contributed by atoms with Crippen molar-refractivity contribution in [2.75, 3.05) is 12.3 Å². The molecule has 2 aliphatic rings. The Morgan fingerprint density at radius 1 is 1.55 bits per heavy atom. The molecule has 1 saturated heterocycles. The van der Waals surface area contributed by atoms with Crippen molar-refractivity contribution < 1.29 is 24.5 Å². The lowest BCUT2D eigenvalue weighted by Gasteiger charge is -2.40. The smallest absolute Gasteiger partial charge is 0.449 e. The minimum atomic E-state index is -1.58. The van der Waals surface area contributed by atoms with Crippen LogP contribution in [0.15, 0.2) is 5.88 Å². The number of anilines is 1. The summed E-state index contributed by atoms with van der Waals surface area (Å²) in [5.41, 5.74) is 5.55. The highest BCUT2D eigenvalue weighted by atomic mass is 32.2. The van der Waals surface area contributed by atoms with E-state index >= 15 is 0 Å². The molecule has 11 nitrogen and oxygen atoms in total. The SMILES string of the molecule is Nc1nnnn1C1=C(OC(=O)O)N2C(=O)[C@H](CO)[C@H]2S1. The molecule has 0 radical (unpaired) electrons. The summed E-state index contributed by atoms with van der Waals surface area (Å²) in [6.07, 6.45) is -1.58. The molecule has 0 aliphatic carbocycles. The third kappa shape index (κ3) is 1.61. The summed E-state index contributed by atoms with van der Waals surface area (Å²) in [7, 11) is 0. The van der Waals surface area contributed by atoms with Gasteiger partial charge in [-0.25, -0.2) is 4.79 Å². The number of nitrogen functional groups attached to an aromatic ring is 1. The lowest BCUT2D eigenvalue weighted by molar-refractivity contribution is -0.151. The van der Waals surface area contributed by atoms with Gasteiger partial charge in [0.2, 0.25) is 17.7 Å². The third-order valence-corrected chi connectivity index (χ3v) is 4.21. The molecule has 2 atom stereocenters.